The lowest BCUT2D eigenvalue weighted by atomic mass is 9.87. The molecule has 2 atom stereocenters. The molecule has 0 saturated carbocycles. The highest BCUT2D eigenvalue weighted by atomic mass is 32.2. The molecule has 9 heteroatoms. The summed E-state index contributed by atoms with van der Waals surface area (Å²) in [6.07, 6.45) is 2.09. The van der Waals surface area contributed by atoms with Gasteiger partial charge in [0.25, 0.3) is 0 Å². The summed E-state index contributed by atoms with van der Waals surface area (Å²) < 4.78 is 20.8. The number of carbonyl (C=O) groups is 1. The van der Waals surface area contributed by atoms with Gasteiger partial charge in [0, 0.05) is 18.7 Å². The Morgan fingerprint density at radius 2 is 1.81 bits per heavy atom. The van der Waals surface area contributed by atoms with E-state index in [1.807, 2.05) is 81.8 Å². The van der Waals surface area contributed by atoms with E-state index in [1.54, 1.807) is 0 Å². The van der Waals surface area contributed by atoms with Gasteiger partial charge in [-0.25, -0.2) is 4.98 Å². The summed E-state index contributed by atoms with van der Waals surface area (Å²) in [4.78, 5) is 16.2. The van der Waals surface area contributed by atoms with E-state index < -0.39 is 16.8 Å². The number of thioether (sulfide) groups is 1. The molecule has 0 bridgehead atoms. The van der Waals surface area contributed by atoms with Crippen LogP contribution in [-0.4, -0.2) is 48.9 Å². The van der Waals surface area contributed by atoms with Gasteiger partial charge in [-0.05, 0) is 99.2 Å². The number of imidazole rings is 1. The van der Waals surface area contributed by atoms with E-state index in [-0.39, 0.29) is 0 Å². The lowest BCUT2D eigenvalue weighted by Crippen LogP contribution is -2.42. The minimum Gasteiger partial charge on any atom is -0.507 e. The van der Waals surface area contributed by atoms with Crippen LogP contribution in [0.25, 0.3) is 11.0 Å². The summed E-state index contributed by atoms with van der Waals surface area (Å²) in [7, 11) is 1.96. The lowest BCUT2D eigenvalue weighted by molar-refractivity contribution is -0.136. The van der Waals surface area contributed by atoms with Gasteiger partial charge in [-0.2, -0.15) is 0 Å². The molecule has 2 unspecified atom stereocenters. The molecule has 1 aromatic heterocycles. The summed E-state index contributed by atoms with van der Waals surface area (Å²) >= 11 is 1.44. The molecular formula is C34H40N2O6S. The van der Waals surface area contributed by atoms with Gasteiger partial charge in [0.2, 0.25) is 0 Å². The van der Waals surface area contributed by atoms with Crippen molar-refractivity contribution in [1.29, 1.82) is 0 Å². The molecular weight excluding hydrogens is 564 g/mol. The highest BCUT2D eigenvalue weighted by Crippen LogP contribution is 2.43. The fourth-order valence-corrected chi connectivity index (χ4v) is 6.43. The number of rotatable bonds is 11. The van der Waals surface area contributed by atoms with Crippen molar-refractivity contribution in [3.05, 3.63) is 76.1 Å². The number of hydrogen-bond acceptors (Lipinski definition) is 7. The molecule has 0 fully saturated rings. The number of phenols is 1. The van der Waals surface area contributed by atoms with Crippen molar-refractivity contribution in [2.75, 3.05) is 12.4 Å². The maximum Gasteiger partial charge on any atom is 0.316 e. The van der Waals surface area contributed by atoms with Gasteiger partial charge < -0.3 is 29.0 Å². The van der Waals surface area contributed by atoms with Gasteiger partial charge in [-0.3, -0.25) is 4.79 Å². The number of aromatic nitrogens is 2. The number of aliphatic carboxylic acids is 1. The molecule has 0 aliphatic carbocycles. The average Bonchev–Trinajstić information content (AvgIpc) is 3.31. The van der Waals surface area contributed by atoms with E-state index in [0.29, 0.717) is 31.1 Å². The molecule has 2 heterocycles. The van der Waals surface area contributed by atoms with E-state index >= 15 is 0 Å². The summed E-state index contributed by atoms with van der Waals surface area (Å²) in [6, 6.07) is 13.5. The van der Waals surface area contributed by atoms with Crippen LogP contribution >= 0.6 is 11.8 Å². The van der Waals surface area contributed by atoms with Gasteiger partial charge in [0.05, 0.1) is 11.0 Å². The first-order valence-electron chi connectivity index (χ1n) is 14.6. The van der Waals surface area contributed by atoms with Crippen molar-refractivity contribution >= 4 is 28.8 Å². The number of nitrogens with zero attached hydrogens (tertiary/aromatic N) is 2. The molecule has 0 spiro atoms. The standard InChI is InChI=1S/C34H40N2O6S/c1-7-43-29(33(38)39)16-23-8-10-24(11-9-23)40-18-30-35-27-13-12-25(17-28(27)36(30)6)41-19-34(5)15-14-26-22(4)31(37)20(2)21(3)32(26)42-34/h8-13,17,29,37H,7,14-16,18-19H2,1-6H3,(H,38,39). The number of ether oxygens (including phenoxy) is 3. The first-order valence-corrected chi connectivity index (χ1v) is 15.7. The zero-order valence-electron chi connectivity index (χ0n) is 25.7. The Bertz CT molecular complexity index is 1650. The maximum atomic E-state index is 11.5. The maximum absolute atomic E-state index is 11.5. The van der Waals surface area contributed by atoms with Crippen molar-refractivity contribution in [2.45, 2.75) is 71.3 Å². The van der Waals surface area contributed by atoms with Gasteiger partial charge in [0.15, 0.2) is 0 Å². The molecule has 43 heavy (non-hydrogen) atoms. The number of carboxylic acids is 1. The number of hydrogen-bond donors (Lipinski definition) is 2. The molecule has 2 N–H and O–H groups in total. The predicted octanol–water partition coefficient (Wildman–Crippen LogP) is 6.69. The zero-order chi connectivity index (χ0) is 30.9. The Hall–Kier alpha value is -3.85. The lowest BCUT2D eigenvalue weighted by Gasteiger charge is -2.37. The second-order valence-electron chi connectivity index (χ2n) is 11.5. The van der Waals surface area contributed by atoms with E-state index in [4.69, 9.17) is 19.2 Å². The Balaban J connectivity index is 1.22. The van der Waals surface area contributed by atoms with Crippen LogP contribution in [0.4, 0.5) is 0 Å². The van der Waals surface area contributed by atoms with Crippen molar-refractivity contribution < 1.29 is 29.2 Å². The number of fused-ring (bicyclic) bond motifs is 2. The van der Waals surface area contributed by atoms with E-state index in [0.717, 1.165) is 74.8 Å². The fourth-order valence-electron chi connectivity index (χ4n) is 5.57. The predicted molar refractivity (Wildman–Crippen MR) is 170 cm³/mol. The van der Waals surface area contributed by atoms with Crippen molar-refractivity contribution in [1.82, 2.24) is 9.55 Å². The van der Waals surface area contributed by atoms with Gasteiger partial charge >= 0.3 is 5.97 Å². The number of phenolic OH excluding ortho intramolecular Hbond substituents is 1. The van der Waals surface area contributed by atoms with E-state index in [1.165, 1.54) is 11.8 Å². The third-order valence-corrected chi connectivity index (χ3v) is 9.54. The quantitative estimate of drug-likeness (QED) is 0.195. The van der Waals surface area contributed by atoms with Crippen LogP contribution < -0.4 is 14.2 Å². The molecule has 0 amide bonds. The molecule has 4 aromatic rings. The Morgan fingerprint density at radius 3 is 2.51 bits per heavy atom. The Morgan fingerprint density at radius 1 is 1.09 bits per heavy atom. The van der Waals surface area contributed by atoms with Gasteiger partial charge in [0.1, 0.15) is 52.9 Å². The van der Waals surface area contributed by atoms with Gasteiger partial charge in [-0.1, -0.05) is 19.1 Å². The summed E-state index contributed by atoms with van der Waals surface area (Å²) in [5, 5.41) is 19.5. The van der Waals surface area contributed by atoms with Crippen LogP contribution in [0.2, 0.25) is 0 Å². The highest BCUT2D eigenvalue weighted by molar-refractivity contribution is 8.00. The van der Waals surface area contributed by atoms with E-state index in [9.17, 15) is 15.0 Å². The van der Waals surface area contributed by atoms with Crippen molar-refractivity contribution in [3.8, 4) is 23.0 Å². The minimum atomic E-state index is -0.785. The molecule has 0 saturated heterocycles. The van der Waals surface area contributed by atoms with Crippen molar-refractivity contribution in [3.63, 3.8) is 0 Å². The SMILES string of the molecule is CCSC(Cc1ccc(OCc2nc3ccc(OCC4(C)CCc5c(C)c(O)c(C)c(C)c5O4)cc3n2C)cc1)C(=O)O. The molecule has 228 valence electrons. The van der Waals surface area contributed by atoms with Gasteiger partial charge in [-0.15, -0.1) is 11.8 Å². The number of carboxylic acid groups (broad SMARTS) is 1. The van der Waals surface area contributed by atoms with E-state index in [2.05, 4.69) is 6.92 Å². The third-order valence-electron chi connectivity index (χ3n) is 8.44. The number of benzene rings is 3. The molecule has 3 aromatic carbocycles. The van der Waals surface area contributed by atoms with Crippen LogP contribution in [0.1, 0.15) is 53.9 Å². The third kappa shape index (κ3) is 6.42. The normalized spacial score (nSPS) is 16.9. The molecule has 1 aliphatic heterocycles. The second-order valence-corrected chi connectivity index (χ2v) is 13.0. The Labute approximate surface area is 257 Å². The van der Waals surface area contributed by atoms with Crippen molar-refractivity contribution in [2.24, 2.45) is 7.05 Å². The fraction of sp³-hybridized carbons (Fsp3) is 0.412. The smallest absolute Gasteiger partial charge is 0.316 e. The highest BCUT2D eigenvalue weighted by Gasteiger charge is 2.35. The molecule has 8 nitrogen and oxygen atoms in total. The largest absolute Gasteiger partial charge is 0.507 e. The summed E-state index contributed by atoms with van der Waals surface area (Å²) in [5.41, 5.74) is 6.08. The number of aryl methyl sites for hydroxylation is 1. The van der Waals surface area contributed by atoms with Crippen LogP contribution in [-0.2, 0) is 31.3 Å². The Kier molecular flexibility index (Phi) is 8.83. The number of aromatic hydroxyl groups is 1. The first-order chi connectivity index (χ1) is 20.5. The summed E-state index contributed by atoms with van der Waals surface area (Å²) in [6.45, 7) is 10.6. The van der Waals surface area contributed by atoms with Crippen LogP contribution in [0.3, 0.4) is 0 Å². The summed E-state index contributed by atoms with van der Waals surface area (Å²) in [5.74, 6) is 3.43. The molecule has 1 aliphatic rings. The van der Waals surface area contributed by atoms with Crippen LogP contribution in [0, 0.1) is 20.8 Å². The average molecular weight is 605 g/mol. The monoisotopic (exact) mass is 604 g/mol. The zero-order valence-corrected chi connectivity index (χ0v) is 26.5. The minimum absolute atomic E-state index is 0.295. The van der Waals surface area contributed by atoms with Crippen LogP contribution in [0.15, 0.2) is 42.5 Å². The first kappa shape index (κ1) is 30.6. The molecule has 0 radical (unpaired) electrons. The van der Waals surface area contributed by atoms with Crippen LogP contribution in [0.5, 0.6) is 23.0 Å². The topological polar surface area (TPSA) is 103 Å². The molecule has 5 rings (SSSR count). The second kappa shape index (κ2) is 12.4.